The number of likely N-dealkylation sites (tertiary alicyclic amines) is 1. The summed E-state index contributed by atoms with van der Waals surface area (Å²) in [6, 6.07) is 10.9. The molecule has 3 rings (SSSR count). The number of hydrogen-bond acceptors (Lipinski definition) is 5. The van der Waals surface area contributed by atoms with Gasteiger partial charge < -0.3 is 9.45 Å². The van der Waals surface area contributed by atoms with E-state index in [1.54, 1.807) is 0 Å². The molecule has 0 radical (unpaired) electrons. The molecule has 0 aliphatic carbocycles. The second-order valence-corrected chi connectivity index (χ2v) is 9.53. The summed E-state index contributed by atoms with van der Waals surface area (Å²) in [5, 5.41) is 0. The van der Waals surface area contributed by atoms with Crippen molar-refractivity contribution in [3.05, 3.63) is 35.9 Å². The fourth-order valence-electron chi connectivity index (χ4n) is 4.35. The highest BCUT2D eigenvalue weighted by atomic mass is 32.2. The minimum absolute atomic E-state index is 0.0227. The summed E-state index contributed by atoms with van der Waals surface area (Å²) >= 11 is 0. The van der Waals surface area contributed by atoms with Crippen molar-refractivity contribution in [1.82, 2.24) is 4.90 Å². The summed E-state index contributed by atoms with van der Waals surface area (Å²) in [7, 11) is -1.96. The van der Waals surface area contributed by atoms with Crippen LogP contribution in [0.3, 0.4) is 0 Å². The van der Waals surface area contributed by atoms with Gasteiger partial charge >= 0.3 is 5.51 Å². The Bertz CT molecular complexity index is 861. The van der Waals surface area contributed by atoms with E-state index in [0.29, 0.717) is 4.65 Å². The Morgan fingerprint density at radius 1 is 1.20 bits per heavy atom. The largest absolute Gasteiger partial charge is 0.741 e. The monoisotopic (exact) mass is 452 g/mol. The Labute approximate surface area is 174 Å². The van der Waals surface area contributed by atoms with Crippen molar-refractivity contribution in [2.75, 3.05) is 14.1 Å². The number of fused-ring (bicyclic) bond motifs is 1. The summed E-state index contributed by atoms with van der Waals surface area (Å²) in [5.41, 5.74) is -4.45. The lowest BCUT2D eigenvalue weighted by atomic mass is 9.83. The van der Waals surface area contributed by atoms with Gasteiger partial charge in [-0.1, -0.05) is 30.3 Å². The first kappa shape index (κ1) is 24.6. The summed E-state index contributed by atoms with van der Waals surface area (Å²) in [4.78, 5) is 21.3. The molecular weight excluding hydrogens is 425 g/mol. The van der Waals surface area contributed by atoms with Gasteiger partial charge in [-0.15, -0.1) is 0 Å². The number of carbonyl (C=O) groups is 1. The number of benzene rings is 1. The van der Waals surface area contributed by atoms with Crippen molar-refractivity contribution in [2.45, 2.75) is 56.9 Å². The minimum atomic E-state index is -6.09. The van der Waals surface area contributed by atoms with Crippen LogP contribution >= 0.6 is 0 Å². The van der Waals surface area contributed by atoms with Crippen LogP contribution in [0.2, 0.25) is 0 Å². The van der Waals surface area contributed by atoms with Crippen LogP contribution in [-0.2, 0) is 19.8 Å². The second kappa shape index (κ2) is 8.45. The Hall–Kier alpha value is -1.69. The molecule has 30 heavy (non-hydrogen) atoms. The molecular formula is C19H27F3N2O5S. The molecule has 7 nitrogen and oxygen atoms in total. The van der Waals surface area contributed by atoms with Gasteiger partial charge in [-0.3, -0.25) is 4.79 Å². The zero-order valence-corrected chi connectivity index (χ0v) is 18.3. The lowest BCUT2D eigenvalue weighted by Gasteiger charge is -2.44. The smallest absolute Gasteiger partial charge is 0.485 e. The molecule has 0 bridgehead atoms. The van der Waals surface area contributed by atoms with Crippen LogP contribution in [0.5, 0.6) is 0 Å². The van der Waals surface area contributed by atoms with E-state index in [4.69, 9.17) is 17.8 Å². The molecule has 0 saturated carbocycles. The van der Waals surface area contributed by atoms with Crippen molar-refractivity contribution in [3.8, 4) is 0 Å². The van der Waals surface area contributed by atoms with Crippen LogP contribution in [0.25, 0.3) is 0 Å². The maximum absolute atomic E-state index is 13.2. The number of amides is 1. The van der Waals surface area contributed by atoms with E-state index >= 15 is 0 Å². The maximum atomic E-state index is 13.2. The second-order valence-electron chi connectivity index (χ2n) is 8.15. The first-order valence-corrected chi connectivity index (χ1v) is 10.9. The van der Waals surface area contributed by atoms with Crippen LogP contribution in [0.4, 0.5) is 13.2 Å². The molecule has 11 heteroatoms. The number of carbonyl (C=O) groups excluding carboxylic acids is 1. The van der Waals surface area contributed by atoms with Gasteiger partial charge in [0.2, 0.25) is 5.91 Å². The van der Waals surface area contributed by atoms with Crippen molar-refractivity contribution >= 4 is 16.0 Å². The average Bonchev–Trinajstić information content (AvgIpc) is 2.83. The molecule has 170 valence electrons. The molecule has 1 amide bonds. The van der Waals surface area contributed by atoms with Gasteiger partial charge in [0, 0.05) is 12.5 Å². The van der Waals surface area contributed by atoms with Gasteiger partial charge in [-0.2, -0.15) is 22.7 Å². The fraction of sp³-hybridized carbons (Fsp3) is 0.632. The van der Waals surface area contributed by atoms with Crippen LogP contribution in [0.15, 0.2) is 30.3 Å². The predicted octanol–water partition coefficient (Wildman–Crippen LogP) is 2.81. The van der Waals surface area contributed by atoms with Gasteiger partial charge in [0.15, 0.2) is 10.1 Å². The van der Waals surface area contributed by atoms with Gasteiger partial charge in [0.25, 0.3) is 0 Å². The molecule has 1 aromatic rings. The first-order valence-electron chi connectivity index (χ1n) is 9.49. The van der Waals surface area contributed by atoms with Crippen LogP contribution in [-0.4, -0.2) is 66.2 Å². The zero-order chi connectivity index (χ0) is 23.1. The maximum Gasteiger partial charge on any atom is 0.485 e. The van der Waals surface area contributed by atoms with Crippen LogP contribution in [0, 0.1) is 5.92 Å². The topological polar surface area (TPSA) is 86.7 Å². The normalized spacial score (nSPS) is 29.6. The molecule has 2 saturated heterocycles. The van der Waals surface area contributed by atoms with Crippen molar-refractivity contribution in [3.63, 3.8) is 0 Å². The molecule has 0 N–H and O–H groups in total. The van der Waals surface area contributed by atoms with E-state index < -0.39 is 15.6 Å². The fourth-order valence-corrected chi connectivity index (χ4v) is 4.35. The number of piperidine rings is 1. The Kier molecular flexibility index (Phi) is 6.92. The van der Waals surface area contributed by atoms with Crippen LogP contribution < -0.4 is 0 Å². The standard InChI is InChI=1S/C18H27N2O2.CHF3O3S/c1-12-11-16-17(14(3)22-20(16,4)5)18(21)19(12)13(2)15-9-7-6-8-10-15;2-1(3,4)8(5,6)7/h6-10,12-14,16-17H,11H2,1-5H3;(H,5,6,7)/q+1;/p-1/t12-,13+,14-,16-,17-;/m1./s1. The highest BCUT2D eigenvalue weighted by molar-refractivity contribution is 7.86. The quantitative estimate of drug-likeness (QED) is 0.391. The third-order valence-electron chi connectivity index (χ3n) is 5.74. The summed E-state index contributed by atoms with van der Waals surface area (Å²) in [6.45, 7) is 6.32. The molecule has 2 aliphatic rings. The Morgan fingerprint density at radius 3 is 2.17 bits per heavy atom. The average molecular weight is 452 g/mol. The van der Waals surface area contributed by atoms with Crippen LogP contribution in [0.1, 0.15) is 38.8 Å². The number of nitrogens with zero attached hydrogens (tertiary/aromatic N) is 2. The zero-order valence-electron chi connectivity index (χ0n) is 17.5. The molecule has 2 fully saturated rings. The lowest BCUT2D eigenvalue weighted by Crippen LogP contribution is -2.58. The minimum Gasteiger partial charge on any atom is -0.741 e. The predicted molar refractivity (Wildman–Crippen MR) is 101 cm³/mol. The number of hydroxylamine groups is 3. The third kappa shape index (κ3) is 4.96. The summed E-state index contributed by atoms with van der Waals surface area (Å²) in [6.07, 6.45) is 0.968. The van der Waals surface area contributed by atoms with E-state index in [-0.39, 0.29) is 36.1 Å². The molecule has 2 aliphatic heterocycles. The van der Waals surface area contributed by atoms with E-state index in [2.05, 4.69) is 45.0 Å². The first-order chi connectivity index (χ1) is 13.6. The Morgan fingerprint density at radius 2 is 1.70 bits per heavy atom. The number of hydrogen-bond donors (Lipinski definition) is 0. The van der Waals surface area contributed by atoms with E-state index in [1.807, 2.05) is 25.1 Å². The highest BCUT2D eigenvalue weighted by Gasteiger charge is 2.58. The van der Waals surface area contributed by atoms with Crippen molar-refractivity contribution in [2.24, 2.45) is 5.92 Å². The molecule has 0 aromatic heterocycles. The van der Waals surface area contributed by atoms with Gasteiger partial charge in [-0.05, 0) is 26.3 Å². The summed E-state index contributed by atoms with van der Waals surface area (Å²) < 4.78 is 59.4. The molecule has 5 atom stereocenters. The van der Waals surface area contributed by atoms with Gasteiger partial charge in [0.1, 0.15) is 18.1 Å². The van der Waals surface area contributed by atoms with E-state index in [0.717, 1.165) is 6.42 Å². The summed E-state index contributed by atoms with van der Waals surface area (Å²) in [5.74, 6) is 0.216. The molecule has 0 unspecified atom stereocenters. The van der Waals surface area contributed by atoms with Crippen molar-refractivity contribution in [1.29, 1.82) is 0 Å². The van der Waals surface area contributed by atoms with Crippen molar-refractivity contribution < 1.29 is 40.4 Å². The van der Waals surface area contributed by atoms with E-state index in [1.165, 1.54) is 5.56 Å². The highest BCUT2D eigenvalue weighted by Crippen LogP contribution is 2.42. The number of halogens is 3. The number of alkyl halides is 3. The Balaban J connectivity index is 0.000000343. The third-order valence-corrected chi connectivity index (χ3v) is 6.30. The number of rotatable bonds is 2. The number of quaternary nitrogens is 1. The molecule has 2 heterocycles. The lowest BCUT2D eigenvalue weighted by molar-refractivity contribution is -1.08. The molecule has 0 spiro atoms. The SMILES string of the molecule is C[C@@H]1C[C@@H]2[C@H](C(=O)N1[C@@H](C)c1ccccc1)[C@@H](C)O[N+]2(C)C.O=S(=O)([O-])C(F)(F)F. The van der Waals surface area contributed by atoms with Gasteiger partial charge in [0.05, 0.1) is 20.1 Å². The van der Waals surface area contributed by atoms with Gasteiger partial charge in [-0.25, -0.2) is 8.42 Å². The van der Waals surface area contributed by atoms with E-state index in [9.17, 15) is 18.0 Å². The molecule has 1 aromatic carbocycles.